The molecular weight excluding hydrogens is 510 g/mol. The summed E-state index contributed by atoms with van der Waals surface area (Å²) in [6.45, 7) is 4.67. The molecule has 1 fully saturated rings. The molecule has 216 valence electrons. The number of piperidine rings is 1. The summed E-state index contributed by atoms with van der Waals surface area (Å²) in [5.41, 5.74) is 11.6. The summed E-state index contributed by atoms with van der Waals surface area (Å²) in [5.74, 6) is 0.0715. The van der Waals surface area contributed by atoms with Crippen LogP contribution in [-0.4, -0.2) is 69.5 Å². The number of nitrogens with two attached hydrogens (primary N) is 1. The number of rotatable bonds is 10. The third-order valence-electron chi connectivity index (χ3n) is 9.00. The van der Waals surface area contributed by atoms with E-state index in [1.54, 1.807) is 0 Å². The Morgan fingerprint density at radius 2 is 1.88 bits per heavy atom. The van der Waals surface area contributed by atoms with Gasteiger partial charge in [-0.05, 0) is 102 Å². The van der Waals surface area contributed by atoms with E-state index in [4.69, 9.17) is 15.7 Å². The number of aromatic nitrogens is 3. The summed E-state index contributed by atoms with van der Waals surface area (Å²) in [6.07, 6.45) is 11.2. The van der Waals surface area contributed by atoms with Crippen molar-refractivity contribution in [3.05, 3.63) is 71.8 Å². The van der Waals surface area contributed by atoms with Crippen molar-refractivity contribution in [2.24, 2.45) is 5.73 Å². The molecule has 1 unspecified atom stereocenters. The van der Waals surface area contributed by atoms with Crippen molar-refractivity contribution in [2.75, 3.05) is 33.2 Å². The van der Waals surface area contributed by atoms with Gasteiger partial charge in [0.2, 0.25) is 5.91 Å². The number of hydrogen-bond donors (Lipinski definition) is 2. The Kier molecular flexibility index (Phi) is 8.60. The lowest BCUT2D eigenvalue weighted by atomic mass is 9.90. The lowest BCUT2D eigenvalue weighted by Crippen LogP contribution is -2.44. The summed E-state index contributed by atoms with van der Waals surface area (Å²) in [4.78, 5) is 28.2. The number of carbonyl (C=O) groups excluding carboxylic acids is 1. The Hall–Kier alpha value is -3.33. The largest absolute Gasteiger partial charge is 0.352 e. The lowest BCUT2D eigenvalue weighted by Gasteiger charge is -2.35. The van der Waals surface area contributed by atoms with Gasteiger partial charge in [-0.25, -0.2) is 0 Å². The molecule has 0 bridgehead atoms. The average Bonchev–Trinajstić information content (AvgIpc) is 3.31. The molecule has 4 aromatic rings. The topological polar surface area (TPSA) is 92.3 Å². The summed E-state index contributed by atoms with van der Waals surface area (Å²) >= 11 is 0. The van der Waals surface area contributed by atoms with Gasteiger partial charge < -0.3 is 20.5 Å². The fraction of sp³-hybridized carbons (Fsp3) is 0.485. The van der Waals surface area contributed by atoms with E-state index >= 15 is 0 Å². The average molecular weight is 554 g/mol. The number of hydrogen-bond acceptors (Lipinski definition) is 6. The second kappa shape index (κ2) is 12.7. The van der Waals surface area contributed by atoms with E-state index in [-0.39, 0.29) is 24.5 Å². The zero-order chi connectivity index (χ0) is 28.2. The van der Waals surface area contributed by atoms with Crippen LogP contribution in [0.4, 0.5) is 0 Å². The van der Waals surface area contributed by atoms with Crippen LogP contribution in [0.25, 0.3) is 21.8 Å². The maximum Gasteiger partial charge on any atom is 0.240 e. The van der Waals surface area contributed by atoms with E-state index in [2.05, 4.69) is 69.2 Å². The van der Waals surface area contributed by atoms with E-state index in [1.807, 2.05) is 12.4 Å². The molecule has 41 heavy (non-hydrogen) atoms. The quantitative estimate of drug-likeness (QED) is 0.283. The van der Waals surface area contributed by atoms with Crippen molar-refractivity contribution in [2.45, 2.75) is 70.1 Å². The Morgan fingerprint density at radius 3 is 2.73 bits per heavy atom. The molecular formula is C33H43N7O. The first-order chi connectivity index (χ1) is 20.1. The van der Waals surface area contributed by atoms with Gasteiger partial charge in [0.25, 0.3) is 0 Å². The van der Waals surface area contributed by atoms with Crippen molar-refractivity contribution >= 4 is 27.7 Å². The zero-order valence-electron chi connectivity index (χ0n) is 24.3. The van der Waals surface area contributed by atoms with Crippen LogP contribution in [0, 0.1) is 0 Å². The van der Waals surface area contributed by atoms with Crippen molar-refractivity contribution in [3.63, 3.8) is 0 Å². The Morgan fingerprint density at radius 1 is 1.02 bits per heavy atom. The van der Waals surface area contributed by atoms with Crippen molar-refractivity contribution in [1.82, 2.24) is 29.7 Å². The standard InChI is InChI=1S/C33H43N7O/c1-38-20-14-25(15-21-38)37-31(41)23-40-29-11-3-2-10-26(29)27-13-18-35-28(33(27)40)22-39(19-5-4-16-34)30-12-6-8-24-9-7-17-36-32(24)30/h2-3,7,9-11,13,17-18,25,30H,4-6,8,12,14-16,19-23,34H2,1H3,(H,37,41). The maximum atomic E-state index is 13.4. The van der Waals surface area contributed by atoms with Gasteiger partial charge in [0.15, 0.2) is 0 Å². The normalized spacial score (nSPS) is 18.3. The lowest BCUT2D eigenvalue weighted by molar-refractivity contribution is -0.122. The van der Waals surface area contributed by atoms with Gasteiger partial charge in [0, 0.05) is 41.3 Å². The molecule has 8 heteroatoms. The van der Waals surface area contributed by atoms with Crippen LogP contribution in [0.5, 0.6) is 0 Å². The summed E-state index contributed by atoms with van der Waals surface area (Å²) in [7, 11) is 2.14. The second-order valence-electron chi connectivity index (χ2n) is 11.8. The molecule has 3 N–H and O–H groups in total. The number of carbonyl (C=O) groups is 1. The van der Waals surface area contributed by atoms with Crippen LogP contribution in [0.2, 0.25) is 0 Å². The minimum atomic E-state index is 0.0715. The number of likely N-dealkylation sites (tertiary alicyclic amines) is 1. The van der Waals surface area contributed by atoms with Gasteiger partial charge in [0.1, 0.15) is 6.54 Å². The first kappa shape index (κ1) is 27.8. The fourth-order valence-corrected chi connectivity index (χ4v) is 6.86. The minimum Gasteiger partial charge on any atom is -0.352 e. The van der Waals surface area contributed by atoms with Crippen LogP contribution in [0.15, 0.2) is 54.9 Å². The molecule has 4 heterocycles. The number of para-hydroxylation sites is 1. The summed E-state index contributed by atoms with van der Waals surface area (Å²) in [6, 6.07) is 15.3. The number of amides is 1. The highest BCUT2D eigenvalue weighted by atomic mass is 16.2. The highest BCUT2D eigenvalue weighted by Crippen LogP contribution is 2.36. The van der Waals surface area contributed by atoms with Crippen LogP contribution in [-0.2, 0) is 24.3 Å². The van der Waals surface area contributed by atoms with Crippen LogP contribution in [0.3, 0.4) is 0 Å². The number of unbranched alkanes of at least 4 members (excludes halogenated alkanes) is 1. The van der Waals surface area contributed by atoms with Crippen LogP contribution >= 0.6 is 0 Å². The van der Waals surface area contributed by atoms with Gasteiger partial charge >= 0.3 is 0 Å². The molecule has 1 aliphatic heterocycles. The molecule has 1 atom stereocenters. The fourth-order valence-electron chi connectivity index (χ4n) is 6.86. The predicted molar refractivity (Wildman–Crippen MR) is 165 cm³/mol. The Labute approximate surface area is 242 Å². The number of fused-ring (bicyclic) bond motifs is 4. The number of benzene rings is 1. The number of pyridine rings is 2. The molecule has 3 aromatic heterocycles. The van der Waals surface area contributed by atoms with Gasteiger partial charge in [0.05, 0.1) is 22.9 Å². The SMILES string of the molecule is CN1CCC(NC(=O)Cn2c3ccccc3c3ccnc(CN(CCCCN)C4CCCc5cccnc54)c32)CC1. The number of aryl methyl sites for hydroxylation is 1. The summed E-state index contributed by atoms with van der Waals surface area (Å²) < 4.78 is 2.20. The van der Waals surface area contributed by atoms with E-state index in [0.717, 1.165) is 92.1 Å². The predicted octanol–water partition coefficient (Wildman–Crippen LogP) is 4.41. The second-order valence-corrected chi connectivity index (χ2v) is 11.8. The molecule has 1 amide bonds. The third-order valence-corrected chi connectivity index (χ3v) is 9.00. The zero-order valence-corrected chi connectivity index (χ0v) is 24.3. The van der Waals surface area contributed by atoms with Gasteiger partial charge in [-0.1, -0.05) is 24.3 Å². The van der Waals surface area contributed by atoms with E-state index in [9.17, 15) is 4.79 Å². The van der Waals surface area contributed by atoms with Crippen LogP contribution < -0.4 is 11.1 Å². The highest BCUT2D eigenvalue weighted by molar-refractivity contribution is 6.09. The molecule has 2 aliphatic rings. The Bertz CT molecular complexity index is 1490. The molecule has 1 saturated heterocycles. The minimum absolute atomic E-state index is 0.0715. The smallest absolute Gasteiger partial charge is 0.240 e. The molecule has 0 saturated carbocycles. The first-order valence-electron chi connectivity index (χ1n) is 15.3. The van der Waals surface area contributed by atoms with Crippen LogP contribution in [0.1, 0.15) is 61.5 Å². The van der Waals surface area contributed by atoms with Crippen molar-refractivity contribution in [3.8, 4) is 0 Å². The van der Waals surface area contributed by atoms with Crippen molar-refractivity contribution in [1.29, 1.82) is 0 Å². The van der Waals surface area contributed by atoms with Gasteiger partial charge in [-0.15, -0.1) is 0 Å². The highest BCUT2D eigenvalue weighted by Gasteiger charge is 2.29. The molecule has 6 rings (SSSR count). The number of nitrogens with zero attached hydrogens (tertiary/aromatic N) is 5. The Balaban J connectivity index is 1.35. The van der Waals surface area contributed by atoms with E-state index in [1.165, 1.54) is 11.3 Å². The van der Waals surface area contributed by atoms with E-state index < -0.39 is 0 Å². The van der Waals surface area contributed by atoms with Gasteiger partial charge in [-0.2, -0.15) is 0 Å². The number of nitrogens with one attached hydrogen (secondary N) is 1. The molecule has 0 radical (unpaired) electrons. The van der Waals surface area contributed by atoms with E-state index in [0.29, 0.717) is 13.1 Å². The molecule has 0 spiro atoms. The molecule has 8 nitrogen and oxygen atoms in total. The monoisotopic (exact) mass is 553 g/mol. The first-order valence-corrected chi connectivity index (χ1v) is 15.3. The maximum absolute atomic E-state index is 13.4. The summed E-state index contributed by atoms with van der Waals surface area (Å²) in [5, 5.41) is 5.65. The molecule has 1 aliphatic carbocycles. The molecule has 1 aromatic carbocycles. The third kappa shape index (κ3) is 6.01. The van der Waals surface area contributed by atoms with Gasteiger partial charge in [-0.3, -0.25) is 19.7 Å². The van der Waals surface area contributed by atoms with Crippen molar-refractivity contribution < 1.29 is 4.79 Å².